The summed E-state index contributed by atoms with van der Waals surface area (Å²) in [5, 5.41) is 0. The lowest BCUT2D eigenvalue weighted by atomic mass is 9.85. The van der Waals surface area contributed by atoms with Gasteiger partial charge in [0.1, 0.15) is 0 Å². The van der Waals surface area contributed by atoms with Gasteiger partial charge in [0, 0.05) is 0 Å². The molecule has 26 heavy (non-hydrogen) atoms. The second-order valence-electron chi connectivity index (χ2n) is 6.15. The molecule has 0 amide bonds. The summed E-state index contributed by atoms with van der Waals surface area (Å²) in [5.41, 5.74) is 1.75. The van der Waals surface area contributed by atoms with Crippen molar-refractivity contribution in [3.63, 3.8) is 0 Å². The van der Waals surface area contributed by atoms with Crippen LogP contribution in [0.25, 0.3) is 6.08 Å². The molecule has 1 aromatic rings. The van der Waals surface area contributed by atoms with Crippen LogP contribution in [0.4, 0.5) is 0 Å². The molecule has 0 spiro atoms. The highest BCUT2D eigenvalue weighted by Gasteiger charge is 2.53. The van der Waals surface area contributed by atoms with Gasteiger partial charge in [0.25, 0.3) is 0 Å². The second kappa shape index (κ2) is 9.18. The largest absolute Gasteiger partial charge is 0.465 e. The average Bonchev–Trinajstić information content (AvgIpc) is 3.03. The van der Waals surface area contributed by atoms with Crippen molar-refractivity contribution >= 4 is 18.0 Å². The molecule has 0 N–H and O–H groups in total. The van der Waals surface area contributed by atoms with E-state index in [2.05, 4.69) is 0 Å². The Balaban J connectivity index is 2.31. The summed E-state index contributed by atoms with van der Waals surface area (Å²) >= 11 is 0. The minimum atomic E-state index is -1.28. The van der Waals surface area contributed by atoms with E-state index in [1.54, 1.807) is 13.8 Å². The van der Waals surface area contributed by atoms with Crippen LogP contribution in [0.15, 0.2) is 59.7 Å². The summed E-state index contributed by atoms with van der Waals surface area (Å²) in [6.07, 6.45) is 8.45. The summed E-state index contributed by atoms with van der Waals surface area (Å²) in [5.74, 6) is -1.01. The van der Waals surface area contributed by atoms with Gasteiger partial charge in [0.15, 0.2) is 5.41 Å². The Morgan fingerprint density at radius 2 is 1.58 bits per heavy atom. The van der Waals surface area contributed by atoms with Crippen molar-refractivity contribution in [2.24, 2.45) is 5.41 Å². The summed E-state index contributed by atoms with van der Waals surface area (Å²) < 4.78 is 10.4. The van der Waals surface area contributed by atoms with Crippen molar-refractivity contribution < 1.29 is 19.1 Å². The maximum absolute atomic E-state index is 12.6. The molecule has 1 aliphatic rings. The molecule has 0 bridgehead atoms. The third-order valence-electron chi connectivity index (χ3n) is 4.46. The topological polar surface area (TPSA) is 52.6 Å². The first-order valence-electron chi connectivity index (χ1n) is 8.99. The summed E-state index contributed by atoms with van der Waals surface area (Å²) in [4.78, 5) is 25.2. The fraction of sp³-hybridized carbons (Fsp3) is 0.364. The summed E-state index contributed by atoms with van der Waals surface area (Å²) in [7, 11) is 0. The molecule has 0 heterocycles. The number of carbonyl (C=O) groups excluding carboxylic acids is 2. The van der Waals surface area contributed by atoms with Gasteiger partial charge >= 0.3 is 11.9 Å². The fourth-order valence-corrected chi connectivity index (χ4v) is 3.14. The highest BCUT2D eigenvalue weighted by molar-refractivity contribution is 6.02. The summed E-state index contributed by atoms with van der Waals surface area (Å²) in [6.45, 7) is 5.86. The van der Waals surface area contributed by atoms with Gasteiger partial charge in [-0.3, -0.25) is 9.59 Å². The van der Waals surface area contributed by atoms with Crippen LogP contribution in [0.3, 0.4) is 0 Å². The smallest absolute Gasteiger partial charge is 0.324 e. The highest BCUT2D eigenvalue weighted by atomic mass is 16.6. The Bertz CT molecular complexity index is 708. The number of rotatable bonds is 6. The molecular formula is C22H26O4. The van der Waals surface area contributed by atoms with E-state index in [-0.39, 0.29) is 13.2 Å². The number of allylic oxidation sites excluding steroid dienone is 5. The predicted molar refractivity (Wildman–Crippen MR) is 102 cm³/mol. The molecule has 0 atom stereocenters. The molecule has 0 saturated heterocycles. The quantitative estimate of drug-likeness (QED) is 0.558. The normalized spacial score (nSPS) is 19.2. The fourth-order valence-electron chi connectivity index (χ4n) is 3.14. The number of hydrogen-bond donors (Lipinski definition) is 0. The molecule has 1 saturated carbocycles. The van der Waals surface area contributed by atoms with E-state index in [0.717, 1.165) is 16.7 Å². The monoisotopic (exact) mass is 354 g/mol. The standard InChI is InChI=1S/C22H26O4/c1-4-18-15-22(20(23)25-5-2,21(24)26-6-3)16-19(18)14-10-13-17-11-8-7-9-12-17/h4,7-14H,5-6,15-16H2,1-3H3/b13-10+,18-4+,19-14-. The third kappa shape index (κ3) is 4.31. The first-order valence-corrected chi connectivity index (χ1v) is 8.99. The molecule has 4 heteroatoms. The van der Waals surface area contributed by atoms with E-state index < -0.39 is 17.4 Å². The number of carbonyl (C=O) groups is 2. The van der Waals surface area contributed by atoms with E-state index in [9.17, 15) is 9.59 Å². The molecule has 0 radical (unpaired) electrons. The molecule has 4 nitrogen and oxygen atoms in total. The molecule has 1 aliphatic carbocycles. The SMILES string of the molecule is C\C=C1/CC(C(=O)OCC)(C(=O)OCC)C/C1=C/C=C/c1ccccc1. The number of benzene rings is 1. The minimum Gasteiger partial charge on any atom is -0.465 e. The van der Waals surface area contributed by atoms with Gasteiger partial charge in [0.2, 0.25) is 0 Å². The van der Waals surface area contributed by atoms with Crippen molar-refractivity contribution in [2.45, 2.75) is 33.6 Å². The minimum absolute atomic E-state index is 0.234. The Hall–Kier alpha value is -2.62. The van der Waals surface area contributed by atoms with Crippen molar-refractivity contribution in [1.82, 2.24) is 0 Å². The van der Waals surface area contributed by atoms with E-state index in [0.29, 0.717) is 12.8 Å². The van der Waals surface area contributed by atoms with Crippen LogP contribution in [0, 0.1) is 5.41 Å². The van der Waals surface area contributed by atoms with Gasteiger partial charge in [0.05, 0.1) is 13.2 Å². The lowest BCUT2D eigenvalue weighted by Crippen LogP contribution is -2.39. The van der Waals surface area contributed by atoms with Crippen LogP contribution >= 0.6 is 0 Å². The van der Waals surface area contributed by atoms with Gasteiger partial charge < -0.3 is 9.47 Å². The van der Waals surface area contributed by atoms with Crippen molar-refractivity contribution in [2.75, 3.05) is 13.2 Å². The van der Waals surface area contributed by atoms with Crippen LogP contribution in [0.1, 0.15) is 39.2 Å². The van der Waals surface area contributed by atoms with Crippen molar-refractivity contribution in [3.8, 4) is 0 Å². The predicted octanol–water partition coefficient (Wildman–Crippen LogP) is 4.48. The number of ether oxygens (including phenoxy) is 2. The Kier molecular flexibility index (Phi) is 6.96. The number of esters is 2. The molecular weight excluding hydrogens is 328 g/mol. The zero-order chi connectivity index (χ0) is 19.0. The highest BCUT2D eigenvalue weighted by Crippen LogP contribution is 2.47. The first kappa shape index (κ1) is 19.7. The lowest BCUT2D eigenvalue weighted by molar-refractivity contribution is -0.171. The molecule has 138 valence electrons. The zero-order valence-corrected chi connectivity index (χ0v) is 15.7. The van der Waals surface area contributed by atoms with Crippen molar-refractivity contribution in [1.29, 1.82) is 0 Å². The van der Waals surface area contributed by atoms with Gasteiger partial charge in [-0.1, -0.05) is 54.6 Å². The van der Waals surface area contributed by atoms with E-state index in [1.807, 2.05) is 61.6 Å². The van der Waals surface area contributed by atoms with Gasteiger partial charge in [-0.2, -0.15) is 0 Å². The molecule has 2 rings (SSSR count). The second-order valence-corrected chi connectivity index (χ2v) is 6.15. The lowest BCUT2D eigenvalue weighted by Gasteiger charge is -2.23. The Labute approximate surface area is 155 Å². The molecule has 0 aliphatic heterocycles. The van der Waals surface area contributed by atoms with Crippen LogP contribution in [0.5, 0.6) is 0 Å². The van der Waals surface area contributed by atoms with Gasteiger partial charge in [-0.25, -0.2) is 0 Å². The van der Waals surface area contributed by atoms with Crippen LogP contribution in [-0.2, 0) is 19.1 Å². The van der Waals surface area contributed by atoms with Gasteiger partial charge in [-0.05, 0) is 50.3 Å². The number of hydrogen-bond acceptors (Lipinski definition) is 4. The summed E-state index contributed by atoms with van der Waals surface area (Å²) in [6, 6.07) is 9.96. The molecule has 0 unspecified atom stereocenters. The molecule has 0 aromatic heterocycles. The third-order valence-corrected chi connectivity index (χ3v) is 4.46. The van der Waals surface area contributed by atoms with Crippen molar-refractivity contribution in [3.05, 3.63) is 65.3 Å². The van der Waals surface area contributed by atoms with E-state index >= 15 is 0 Å². The van der Waals surface area contributed by atoms with E-state index in [1.165, 1.54) is 0 Å². The van der Waals surface area contributed by atoms with Crippen LogP contribution in [-0.4, -0.2) is 25.2 Å². The first-order chi connectivity index (χ1) is 12.6. The maximum Gasteiger partial charge on any atom is 0.324 e. The zero-order valence-electron chi connectivity index (χ0n) is 15.7. The molecule has 1 fully saturated rings. The van der Waals surface area contributed by atoms with Crippen LogP contribution < -0.4 is 0 Å². The maximum atomic E-state index is 12.6. The van der Waals surface area contributed by atoms with E-state index in [4.69, 9.17) is 9.47 Å². The average molecular weight is 354 g/mol. The Morgan fingerprint density at radius 3 is 2.12 bits per heavy atom. The Morgan fingerprint density at radius 1 is 1.00 bits per heavy atom. The van der Waals surface area contributed by atoms with Gasteiger partial charge in [-0.15, -0.1) is 0 Å². The van der Waals surface area contributed by atoms with Crippen LogP contribution in [0.2, 0.25) is 0 Å². The molecule has 1 aromatic carbocycles.